The van der Waals surface area contributed by atoms with Gasteiger partial charge in [-0.25, -0.2) is 0 Å². The summed E-state index contributed by atoms with van der Waals surface area (Å²) in [4.78, 5) is 9.60. The van der Waals surface area contributed by atoms with Crippen molar-refractivity contribution >= 4 is 6.47 Å². The summed E-state index contributed by atoms with van der Waals surface area (Å²) in [5.41, 5.74) is -0.318. The number of hydrogen-bond donors (Lipinski definition) is 2. The fourth-order valence-electron chi connectivity index (χ4n) is 1.01. The van der Waals surface area contributed by atoms with Crippen LogP contribution in [0.3, 0.4) is 0 Å². The summed E-state index contributed by atoms with van der Waals surface area (Å²) >= 11 is 0. The number of aliphatic hydroxyl groups is 1. The summed E-state index contributed by atoms with van der Waals surface area (Å²) < 4.78 is 4.55. The average molecular weight is 203 g/mol. The third-order valence-corrected chi connectivity index (χ3v) is 1.82. The number of ether oxygens (including phenoxy) is 1. The molecule has 0 bridgehead atoms. The first-order valence-electron chi connectivity index (χ1n) is 4.92. The molecule has 0 unspecified atom stereocenters. The Morgan fingerprint density at radius 2 is 2.21 bits per heavy atom. The number of carbonyl (C=O) groups excluding carboxylic acids is 1. The quantitative estimate of drug-likeness (QED) is 0.643. The fourth-order valence-corrected chi connectivity index (χ4v) is 1.01. The molecular formula is C10H21NO3. The van der Waals surface area contributed by atoms with Gasteiger partial charge < -0.3 is 15.2 Å². The number of hydrogen-bond acceptors (Lipinski definition) is 4. The van der Waals surface area contributed by atoms with Crippen LogP contribution in [0.2, 0.25) is 0 Å². The van der Waals surface area contributed by atoms with Gasteiger partial charge >= 0.3 is 0 Å². The Labute approximate surface area is 85.6 Å². The van der Waals surface area contributed by atoms with Crippen molar-refractivity contribution in [1.29, 1.82) is 0 Å². The summed E-state index contributed by atoms with van der Waals surface area (Å²) in [5, 5.41) is 11.7. The van der Waals surface area contributed by atoms with Crippen molar-refractivity contribution in [3.05, 3.63) is 0 Å². The molecule has 0 radical (unpaired) electrons. The number of nitrogens with one attached hydrogen (secondary N) is 1. The van der Waals surface area contributed by atoms with Gasteiger partial charge in [-0.2, -0.15) is 0 Å². The van der Waals surface area contributed by atoms with Crippen LogP contribution in [0.4, 0.5) is 0 Å². The van der Waals surface area contributed by atoms with Gasteiger partial charge in [0.2, 0.25) is 0 Å². The summed E-state index contributed by atoms with van der Waals surface area (Å²) in [6, 6.07) is 0. The second-order valence-corrected chi connectivity index (χ2v) is 4.37. The van der Waals surface area contributed by atoms with Gasteiger partial charge in [-0.05, 0) is 39.7 Å². The molecule has 0 aromatic carbocycles. The molecule has 4 heteroatoms. The minimum absolute atomic E-state index is 0.318. The molecule has 1 rings (SSSR count). The molecule has 84 valence electrons. The van der Waals surface area contributed by atoms with E-state index in [1.807, 2.05) is 20.8 Å². The second kappa shape index (κ2) is 6.79. The van der Waals surface area contributed by atoms with Gasteiger partial charge in [0.15, 0.2) is 0 Å². The third kappa shape index (κ3) is 8.01. The van der Waals surface area contributed by atoms with Crippen molar-refractivity contribution < 1.29 is 14.6 Å². The van der Waals surface area contributed by atoms with E-state index in [2.05, 4.69) is 10.1 Å². The zero-order valence-electron chi connectivity index (χ0n) is 9.25. The lowest BCUT2D eigenvalue weighted by molar-refractivity contribution is -0.138. The molecule has 1 saturated heterocycles. The lowest BCUT2D eigenvalue weighted by Gasteiger charge is -2.14. The van der Waals surface area contributed by atoms with E-state index in [0.717, 1.165) is 19.5 Å². The van der Waals surface area contributed by atoms with Crippen molar-refractivity contribution in [1.82, 2.24) is 5.32 Å². The maximum absolute atomic E-state index is 9.60. The highest BCUT2D eigenvalue weighted by atomic mass is 16.5. The van der Waals surface area contributed by atoms with Crippen LogP contribution in [0, 0.1) is 5.92 Å². The molecule has 1 aliphatic rings. The first-order valence-corrected chi connectivity index (χ1v) is 4.92. The second-order valence-electron chi connectivity index (χ2n) is 4.37. The zero-order valence-corrected chi connectivity index (χ0v) is 9.25. The van der Waals surface area contributed by atoms with Crippen molar-refractivity contribution in [2.24, 2.45) is 5.92 Å². The predicted molar refractivity (Wildman–Crippen MR) is 55.0 cm³/mol. The van der Waals surface area contributed by atoms with E-state index in [1.165, 1.54) is 0 Å². The first kappa shape index (κ1) is 13.4. The van der Waals surface area contributed by atoms with Crippen LogP contribution in [-0.2, 0) is 9.53 Å². The largest absolute Gasteiger partial charge is 0.462 e. The molecule has 1 heterocycles. The fraction of sp³-hybridized carbons (Fsp3) is 0.900. The summed E-state index contributed by atoms with van der Waals surface area (Å²) in [5.74, 6) is 0.542. The van der Waals surface area contributed by atoms with E-state index >= 15 is 0 Å². The smallest absolute Gasteiger partial charge is 0.293 e. The van der Waals surface area contributed by atoms with Gasteiger partial charge in [0, 0.05) is 13.2 Å². The molecule has 1 aliphatic heterocycles. The number of carbonyl (C=O) groups is 1. The molecule has 4 nitrogen and oxygen atoms in total. The Hall–Kier alpha value is -0.610. The normalized spacial score (nSPS) is 21.0. The van der Waals surface area contributed by atoms with Gasteiger partial charge in [-0.15, -0.1) is 0 Å². The van der Waals surface area contributed by atoms with E-state index < -0.39 is 0 Å². The Balaban J connectivity index is 0.000000241. The zero-order chi connectivity index (χ0) is 11.0. The monoisotopic (exact) mass is 203 g/mol. The Kier molecular flexibility index (Phi) is 6.49. The molecular weight excluding hydrogens is 182 g/mol. The maximum atomic E-state index is 9.60. The maximum Gasteiger partial charge on any atom is 0.293 e. The lowest BCUT2D eigenvalue weighted by Crippen LogP contribution is -2.17. The molecule has 1 atom stereocenters. The van der Waals surface area contributed by atoms with Crippen LogP contribution in [-0.4, -0.2) is 36.9 Å². The highest BCUT2D eigenvalue weighted by Crippen LogP contribution is 2.04. The molecule has 0 saturated carbocycles. The van der Waals surface area contributed by atoms with E-state index in [4.69, 9.17) is 5.11 Å². The van der Waals surface area contributed by atoms with E-state index in [0.29, 0.717) is 19.0 Å². The van der Waals surface area contributed by atoms with Crippen molar-refractivity contribution in [2.45, 2.75) is 32.8 Å². The summed E-state index contributed by atoms with van der Waals surface area (Å²) in [7, 11) is 0. The van der Waals surface area contributed by atoms with E-state index in [9.17, 15) is 4.79 Å². The lowest BCUT2D eigenvalue weighted by atomic mass is 10.1. The van der Waals surface area contributed by atoms with Crippen LogP contribution < -0.4 is 5.32 Å². The highest BCUT2D eigenvalue weighted by molar-refractivity contribution is 5.37. The van der Waals surface area contributed by atoms with Crippen molar-refractivity contribution in [3.63, 3.8) is 0 Å². The molecule has 2 N–H and O–H groups in total. The SMILES string of the molecule is CC(C)(C)OC=O.OC[C@@H]1CCNC1. The Morgan fingerprint density at radius 3 is 2.36 bits per heavy atom. The third-order valence-electron chi connectivity index (χ3n) is 1.82. The Morgan fingerprint density at radius 1 is 1.57 bits per heavy atom. The molecule has 0 amide bonds. The van der Waals surface area contributed by atoms with Gasteiger partial charge in [-0.1, -0.05) is 0 Å². The van der Waals surface area contributed by atoms with Crippen molar-refractivity contribution in [2.75, 3.05) is 19.7 Å². The van der Waals surface area contributed by atoms with Crippen molar-refractivity contribution in [3.8, 4) is 0 Å². The van der Waals surface area contributed by atoms with E-state index in [1.54, 1.807) is 0 Å². The minimum Gasteiger partial charge on any atom is -0.462 e. The highest BCUT2D eigenvalue weighted by Gasteiger charge is 2.11. The summed E-state index contributed by atoms with van der Waals surface area (Å²) in [6.07, 6.45) is 1.15. The van der Waals surface area contributed by atoms with Crippen LogP contribution in [0.1, 0.15) is 27.2 Å². The Bertz CT molecular complexity index is 148. The topological polar surface area (TPSA) is 58.6 Å². The van der Waals surface area contributed by atoms with Crippen LogP contribution in [0.25, 0.3) is 0 Å². The predicted octanol–water partition coefficient (Wildman–Crippen LogP) is 0.546. The van der Waals surface area contributed by atoms with Crippen LogP contribution >= 0.6 is 0 Å². The molecule has 0 aromatic heterocycles. The molecule has 14 heavy (non-hydrogen) atoms. The average Bonchev–Trinajstić information content (AvgIpc) is 2.54. The molecule has 0 aromatic rings. The first-order chi connectivity index (χ1) is 6.49. The van der Waals surface area contributed by atoms with Crippen LogP contribution in [0.15, 0.2) is 0 Å². The number of rotatable bonds is 2. The standard InChI is InChI=1S/C5H11NO.C5H10O2/c7-4-5-1-2-6-3-5;1-5(2,3)7-4-6/h5-7H,1-4H2;4H,1-3H3/t5-;/m1./s1. The summed E-state index contributed by atoms with van der Waals surface area (Å²) in [6.45, 7) is 8.37. The van der Waals surface area contributed by atoms with Gasteiger partial charge in [0.1, 0.15) is 5.60 Å². The van der Waals surface area contributed by atoms with Gasteiger partial charge in [-0.3, -0.25) is 4.79 Å². The van der Waals surface area contributed by atoms with E-state index in [-0.39, 0.29) is 5.60 Å². The molecule has 1 fully saturated rings. The molecule has 0 aliphatic carbocycles. The molecule has 0 spiro atoms. The van der Waals surface area contributed by atoms with Crippen LogP contribution in [0.5, 0.6) is 0 Å². The van der Waals surface area contributed by atoms with Gasteiger partial charge in [0.05, 0.1) is 0 Å². The van der Waals surface area contributed by atoms with Gasteiger partial charge in [0.25, 0.3) is 6.47 Å². The number of aliphatic hydroxyl groups excluding tert-OH is 1. The minimum atomic E-state index is -0.318.